The molecule has 4 aliphatic carbocycles. The first-order chi connectivity index (χ1) is 14.2. The first kappa shape index (κ1) is 22.3. The van der Waals surface area contributed by atoms with Crippen LogP contribution in [-0.4, -0.2) is 5.78 Å². The normalized spacial score (nSPS) is 42.4. The Morgan fingerprint density at radius 3 is 2.50 bits per heavy atom. The van der Waals surface area contributed by atoms with Crippen LogP contribution in [0.1, 0.15) is 99.3 Å². The molecule has 8 atom stereocenters. The second-order valence-electron chi connectivity index (χ2n) is 12.3. The van der Waals surface area contributed by atoms with Crippen LogP contribution in [0.2, 0.25) is 0 Å². The maximum Gasteiger partial charge on any atom is 0.156 e. The molecule has 30 heavy (non-hydrogen) atoms. The van der Waals surface area contributed by atoms with E-state index in [2.05, 4.69) is 53.7 Å². The predicted octanol–water partition coefficient (Wildman–Crippen LogP) is 8.01. The Balaban J connectivity index is 1.51. The number of fused-ring (bicyclic) bond motifs is 5. The van der Waals surface area contributed by atoms with Crippen molar-refractivity contribution in [3.05, 3.63) is 23.8 Å². The van der Waals surface area contributed by atoms with Gasteiger partial charge in [0, 0.05) is 6.42 Å². The van der Waals surface area contributed by atoms with Crippen molar-refractivity contribution < 1.29 is 4.79 Å². The Labute approximate surface area is 186 Å². The Morgan fingerprint density at radius 1 is 1.03 bits per heavy atom. The first-order valence-corrected chi connectivity index (χ1v) is 13.1. The van der Waals surface area contributed by atoms with Crippen molar-refractivity contribution in [3.63, 3.8) is 0 Å². The summed E-state index contributed by atoms with van der Waals surface area (Å²) in [6.07, 6.45) is 18.5. The van der Waals surface area contributed by atoms with Crippen LogP contribution in [0.15, 0.2) is 23.8 Å². The van der Waals surface area contributed by atoms with Crippen LogP contribution >= 0.6 is 0 Å². The van der Waals surface area contributed by atoms with Crippen molar-refractivity contribution >= 4 is 5.78 Å². The lowest BCUT2D eigenvalue weighted by Crippen LogP contribution is -2.49. The van der Waals surface area contributed by atoms with Gasteiger partial charge in [-0.25, -0.2) is 0 Å². The van der Waals surface area contributed by atoms with Gasteiger partial charge in [0.25, 0.3) is 0 Å². The van der Waals surface area contributed by atoms with Gasteiger partial charge in [0.1, 0.15) is 0 Å². The van der Waals surface area contributed by atoms with Gasteiger partial charge in [-0.2, -0.15) is 0 Å². The third kappa shape index (κ3) is 3.57. The van der Waals surface area contributed by atoms with E-state index in [1.165, 1.54) is 50.5 Å². The van der Waals surface area contributed by atoms with Crippen molar-refractivity contribution in [2.75, 3.05) is 0 Å². The van der Waals surface area contributed by atoms with Gasteiger partial charge in [0.05, 0.1) is 0 Å². The molecule has 0 amide bonds. The summed E-state index contributed by atoms with van der Waals surface area (Å²) < 4.78 is 0. The molecule has 0 aromatic carbocycles. The molecular weight excluding hydrogens is 364 g/mol. The largest absolute Gasteiger partial charge is 0.295 e. The Morgan fingerprint density at radius 2 is 1.80 bits per heavy atom. The summed E-state index contributed by atoms with van der Waals surface area (Å²) in [6.45, 7) is 14.9. The summed E-state index contributed by atoms with van der Waals surface area (Å²) in [5, 5.41) is 0. The highest BCUT2D eigenvalue weighted by atomic mass is 16.1. The second-order valence-corrected chi connectivity index (χ2v) is 12.3. The lowest BCUT2D eigenvalue weighted by atomic mass is 9.48. The van der Waals surface area contributed by atoms with E-state index in [9.17, 15) is 4.79 Å². The molecule has 4 aliphatic rings. The van der Waals surface area contributed by atoms with Gasteiger partial charge < -0.3 is 0 Å². The topological polar surface area (TPSA) is 17.1 Å². The van der Waals surface area contributed by atoms with Crippen molar-refractivity contribution in [1.29, 1.82) is 0 Å². The summed E-state index contributed by atoms with van der Waals surface area (Å²) >= 11 is 0. The number of carbonyl (C=O) groups is 1. The molecule has 0 heterocycles. The maximum absolute atomic E-state index is 12.0. The maximum atomic E-state index is 12.0. The van der Waals surface area contributed by atoms with Crippen molar-refractivity contribution in [3.8, 4) is 0 Å². The predicted molar refractivity (Wildman–Crippen MR) is 127 cm³/mol. The average Bonchev–Trinajstić information content (AvgIpc) is 3.06. The number of hydrogen-bond donors (Lipinski definition) is 0. The van der Waals surface area contributed by atoms with E-state index < -0.39 is 0 Å². The molecule has 2 saturated carbocycles. The van der Waals surface area contributed by atoms with E-state index >= 15 is 0 Å². The molecule has 1 heteroatoms. The minimum Gasteiger partial charge on any atom is -0.295 e. The number of rotatable bonds is 6. The summed E-state index contributed by atoms with van der Waals surface area (Å²) in [6, 6.07) is 0. The highest BCUT2D eigenvalue weighted by Gasteiger charge is 2.58. The van der Waals surface area contributed by atoms with Gasteiger partial charge in [-0.1, -0.05) is 66.5 Å². The monoisotopic (exact) mass is 410 g/mol. The fourth-order valence-electron chi connectivity index (χ4n) is 8.66. The van der Waals surface area contributed by atoms with Gasteiger partial charge in [-0.15, -0.1) is 0 Å². The molecule has 0 aromatic heterocycles. The van der Waals surface area contributed by atoms with Crippen LogP contribution in [-0.2, 0) is 4.79 Å². The Kier molecular flexibility index (Phi) is 6.15. The lowest BCUT2D eigenvalue weighted by molar-refractivity contribution is -0.116. The molecule has 8 unspecified atom stereocenters. The van der Waals surface area contributed by atoms with Gasteiger partial charge in [0.15, 0.2) is 5.78 Å². The van der Waals surface area contributed by atoms with Crippen molar-refractivity contribution in [2.24, 2.45) is 52.3 Å². The summed E-state index contributed by atoms with van der Waals surface area (Å²) in [5.74, 6) is 6.15. The van der Waals surface area contributed by atoms with Crippen LogP contribution in [0.25, 0.3) is 0 Å². The van der Waals surface area contributed by atoms with Crippen LogP contribution in [0.5, 0.6) is 0 Å². The Hall–Kier alpha value is -0.850. The Bertz CT molecular complexity index is 714. The van der Waals surface area contributed by atoms with Crippen molar-refractivity contribution in [1.82, 2.24) is 0 Å². The van der Waals surface area contributed by atoms with E-state index in [4.69, 9.17) is 0 Å². The number of ketones is 1. The molecule has 4 rings (SSSR count). The average molecular weight is 411 g/mol. The number of allylic oxidation sites excluding steroid dienone is 4. The SMILES string of the molecule is CCC(CCC(C)C1CCC2C3C=CC4=CC(=O)CCC4(C)C3CCC12C)C(C)C. The summed E-state index contributed by atoms with van der Waals surface area (Å²) in [7, 11) is 0. The second kappa shape index (κ2) is 8.25. The zero-order chi connectivity index (χ0) is 21.7. The highest BCUT2D eigenvalue weighted by molar-refractivity contribution is 5.92. The molecule has 0 aliphatic heterocycles. The third-order valence-corrected chi connectivity index (χ3v) is 10.7. The van der Waals surface area contributed by atoms with E-state index in [1.807, 2.05) is 6.08 Å². The summed E-state index contributed by atoms with van der Waals surface area (Å²) in [4.78, 5) is 12.0. The minimum atomic E-state index is 0.240. The van der Waals surface area contributed by atoms with Gasteiger partial charge in [0.2, 0.25) is 0 Å². The molecule has 2 fully saturated rings. The van der Waals surface area contributed by atoms with Crippen LogP contribution in [0.3, 0.4) is 0 Å². The van der Waals surface area contributed by atoms with Crippen LogP contribution in [0, 0.1) is 52.3 Å². The first-order valence-electron chi connectivity index (χ1n) is 13.1. The van der Waals surface area contributed by atoms with E-state index in [0.29, 0.717) is 11.2 Å². The fourth-order valence-corrected chi connectivity index (χ4v) is 8.66. The van der Waals surface area contributed by atoms with Crippen LogP contribution in [0.4, 0.5) is 0 Å². The zero-order valence-corrected chi connectivity index (χ0v) is 20.5. The quantitative estimate of drug-likeness (QED) is 0.433. The number of hydrogen-bond acceptors (Lipinski definition) is 1. The lowest BCUT2D eigenvalue weighted by Gasteiger charge is -2.56. The smallest absolute Gasteiger partial charge is 0.156 e. The molecule has 0 radical (unpaired) electrons. The molecule has 0 N–H and O–H groups in total. The third-order valence-electron chi connectivity index (χ3n) is 10.7. The van der Waals surface area contributed by atoms with Gasteiger partial charge in [-0.05, 0) is 102 Å². The fraction of sp³-hybridized carbons (Fsp3) is 0.828. The van der Waals surface area contributed by atoms with E-state index in [0.717, 1.165) is 54.3 Å². The highest BCUT2D eigenvalue weighted by Crippen LogP contribution is 2.66. The van der Waals surface area contributed by atoms with E-state index in [-0.39, 0.29) is 5.41 Å². The van der Waals surface area contributed by atoms with Gasteiger partial charge >= 0.3 is 0 Å². The minimum absolute atomic E-state index is 0.240. The standard InChI is InChI=1S/C29H46O/c1-7-21(19(2)3)9-8-20(4)25-12-13-26-24-11-10-22-18-23(30)14-16-28(22,5)27(24)15-17-29(25,26)6/h10-11,18-21,24-27H,7-9,12-17H2,1-6H3. The van der Waals surface area contributed by atoms with Gasteiger partial charge in [-0.3, -0.25) is 4.79 Å². The molecule has 1 nitrogen and oxygen atoms in total. The van der Waals surface area contributed by atoms with E-state index in [1.54, 1.807) is 0 Å². The molecule has 168 valence electrons. The molecule has 0 spiro atoms. The molecule has 0 bridgehead atoms. The summed E-state index contributed by atoms with van der Waals surface area (Å²) in [5.41, 5.74) is 2.10. The molecule has 0 saturated heterocycles. The molecular formula is C29H46O. The van der Waals surface area contributed by atoms with Crippen molar-refractivity contribution in [2.45, 2.75) is 99.3 Å². The number of carbonyl (C=O) groups excluding carboxylic acids is 1. The van der Waals surface area contributed by atoms with Crippen LogP contribution < -0.4 is 0 Å². The zero-order valence-electron chi connectivity index (χ0n) is 20.5. The molecule has 0 aromatic rings.